The van der Waals surface area contributed by atoms with Crippen LogP contribution in [0.3, 0.4) is 0 Å². The second-order valence-electron chi connectivity index (χ2n) is 7.39. The number of rotatable bonds is 2. The van der Waals surface area contributed by atoms with Gasteiger partial charge in [0, 0.05) is 29.9 Å². The first-order chi connectivity index (χ1) is 13.9. The van der Waals surface area contributed by atoms with E-state index in [0.29, 0.717) is 0 Å². The first kappa shape index (κ1) is 18.8. The fraction of sp³-hybridized carbons (Fsp3) is 0.286. The van der Waals surface area contributed by atoms with Gasteiger partial charge in [0.15, 0.2) is 5.84 Å². The van der Waals surface area contributed by atoms with Crippen LogP contribution in [0.25, 0.3) is 22.6 Å². The Kier molecular flexibility index (Phi) is 4.62. The summed E-state index contributed by atoms with van der Waals surface area (Å²) in [5.41, 5.74) is 9.39. The molecule has 0 radical (unpaired) electrons. The molecule has 0 saturated carbocycles. The molecule has 8 heteroatoms. The Hall–Kier alpha value is -3.55. The van der Waals surface area contributed by atoms with Crippen LogP contribution in [0.1, 0.15) is 37.3 Å². The standard InChI is InChI=1S/C21H23N7O/c1-12-5-3-7-15(25-12)18-19(28-13(2)6-4-8-17(28)26-18)14-9-10-16(22)27(11-14)20(23)21(24)29/h3,5,7,9-11,13,22-23H,4,6,8H2,1-2H3,(H2,24,29)/t13-/m1/s1. The molecule has 1 amide bonds. The lowest BCUT2D eigenvalue weighted by atomic mass is 10.0. The first-order valence-corrected chi connectivity index (χ1v) is 9.58. The van der Waals surface area contributed by atoms with E-state index in [1.165, 1.54) is 4.57 Å². The average Bonchev–Trinajstić information content (AvgIpc) is 3.09. The van der Waals surface area contributed by atoms with Crippen LogP contribution >= 0.6 is 0 Å². The predicted molar refractivity (Wildman–Crippen MR) is 109 cm³/mol. The molecule has 1 aliphatic rings. The van der Waals surface area contributed by atoms with Crippen molar-refractivity contribution >= 4 is 11.7 Å². The molecule has 0 aliphatic carbocycles. The van der Waals surface area contributed by atoms with Gasteiger partial charge < -0.3 is 10.3 Å². The minimum Gasteiger partial charge on any atom is -0.363 e. The SMILES string of the molecule is Cc1cccc(-c2nc3n(c2-c2ccc(=N)n(C(=N)C(N)=O)c2)[C@H](C)CCC3)n1. The zero-order valence-corrected chi connectivity index (χ0v) is 16.4. The quantitative estimate of drug-likeness (QED) is 0.460. The summed E-state index contributed by atoms with van der Waals surface area (Å²) in [4.78, 5) is 21.1. The number of imidazole rings is 1. The van der Waals surface area contributed by atoms with Crippen LogP contribution in [0.15, 0.2) is 36.5 Å². The monoisotopic (exact) mass is 389 g/mol. The molecule has 0 spiro atoms. The normalized spacial score (nSPS) is 15.7. The molecule has 29 heavy (non-hydrogen) atoms. The van der Waals surface area contributed by atoms with Crippen molar-refractivity contribution in [1.29, 1.82) is 10.8 Å². The Bertz CT molecular complexity index is 1190. The molecule has 148 valence electrons. The first-order valence-electron chi connectivity index (χ1n) is 9.58. The second-order valence-corrected chi connectivity index (χ2v) is 7.39. The maximum Gasteiger partial charge on any atom is 0.284 e. The largest absolute Gasteiger partial charge is 0.363 e. The van der Waals surface area contributed by atoms with Gasteiger partial charge in [-0.1, -0.05) is 6.07 Å². The number of nitrogens with one attached hydrogen (secondary N) is 2. The third kappa shape index (κ3) is 3.26. The van der Waals surface area contributed by atoms with Crippen molar-refractivity contribution in [2.75, 3.05) is 0 Å². The molecule has 0 saturated heterocycles. The third-order valence-corrected chi connectivity index (χ3v) is 5.27. The number of primary amides is 1. The summed E-state index contributed by atoms with van der Waals surface area (Å²) in [6, 6.07) is 9.48. The third-order valence-electron chi connectivity index (χ3n) is 5.27. The van der Waals surface area contributed by atoms with E-state index in [0.717, 1.165) is 53.4 Å². The number of aromatic nitrogens is 4. The molecule has 8 nitrogen and oxygen atoms in total. The number of hydrogen-bond donors (Lipinski definition) is 3. The van der Waals surface area contributed by atoms with Crippen LogP contribution < -0.4 is 11.2 Å². The van der Waals surface area contributed by atoms with Crippen LogP contribution in [0, 0.1) is 17.7 Å². The highest BCUT2D eigenvalue weighted by atomic mass is 16.1. The lowest BCUT2D eigenvalue weighted by Gasteiger charge is -2.24. The molecule has 0 unspecified atom stereocenters. The average molecular weight is 389 g/mol. The molecule has 1 aliphatic heterocycles. The number of nitrogens with zero attached hydrogens (tertiary/aromatic N) is 4. The Balaban J connectivity index is 1.99. The zero-order valence-electron chi connectivity index (χ0n) is 16.4. The molecule has 0 aromatic carbocycles. The topological polar surface area (TPSA) is 126 Å². The summed E-state index contributed by atoms with van der Waals surface area (Å²) in [5.74, 6) is -0.327. The van der Waals surface area contributed by atoms with E-state index < -0.39 is 11.7 Å². The number of fused-ring (bicyclic) bond motifs is 1. The number of pyridine rings is 2. The summed E-state index contributed by atoms with van der Waals surface area (Å²) in [7, 11) is 0. The van der Waals surface area contributed by atoms with Crippen molar-refractivity contribution in [3.05, 3.63) is 53.5 Å². The van der Waals surface area contributed by atoms with Gasteiger partial charge in [0.2, 0.25) is 0 Å². The predicted octanol–water partition coefficient (Wildman–Crippen LogP) is 2.41. The van der Waals surface area contributed by atoms with E-state index in [-0.39, 0.29) is 11.5 Å². The van der Waals surface area contributed by atoms with Gasteiger partial charge in [0.1, 0.15) is 17.0 Å². The number of aryl methyl sites for hydroxylation is 2. The Labute approximate surface area is 168 Å². The minimum atomic E-state index is -0.884. The molecule has 3 aromatic rings. The smallest absolute Gasteiger partial charge is 0.284 e. The number of nitrogens with two attached hydrogens (primary N) is 1. The molecule has 1 atom stereocenters. The lowest BCUT2D eigenvalue weighted by Crippen LogP contribution is -2.35. The van der Waals surface area contributed by atoms with Gasteiger partial charge in [-0.3, -0.25) is 25.2 Å². The van der Waals surface area contributed by atoms with Crippen LogP contribution in [0.4, 0.5) is 0 Å². The van der Waals surface area contributed by atoms with E-state index in [1.54, 1.807) is 12.3 Å². The maximum absolute atomic E-state index is 11.5. The molecular weight excluding hydrogens is 366 g/mol. The van der Waals surface area contributed by atoms with Gasteiger partial charge in [-0.25, -0.2) is 4.98 Å². The molecule has 4 heterocycles. The van der Waals surface area contributed by atoms with Gasteiger partial charge in [0.25, 0.3) is 5.91 Å². The zero-order chi connectivity index (χ0) is 20.7. The number of carbonyl (C=O) groups excluding carboxylic acids is 1. The Morgan fingerprint density at radius 1 is 1.24 bits per heavy atom. The van der Waals surface area contributed by atoms with Crippen molar-refractivity contribution < 1.29 is 4.79 Å². The minimum absolute atomic E-state index is 0.0132. The Morgan fingerprint density at radius 2 is 2.03 bits per heavy atom. The van der Waals surface area contributed by atoms with Crippen LogP contribution in [-0.2, 0) is 11.2 Å². The van der Waals surface area contributed by atoms with Crippen LogP contribution in [0.5, 0.6) is 0 Å². The Morgan fingerprint density at radius 3 is 2.76 bits per heavy atom. The summed E-state index contributed by atoms with van der Waals surface area (Å²) < 4.78 is 3.42. The molecule has 0 fully saturated rings. The van der Waals surface area contributed by atoms with E-state index in [4.69, 9.17) is 21.5 Å². The number of carbonyl (C=O) groups is 1. The van der Waals surface area contributed by atoms with Gasteiger partial charge in [-0.2, -0.15) is 0 Å². The number of hydrogen-bond acceptors (Lipinski definition) is 5. The van der Waals surface area contributed by atoms with Crippen molar-refractivity contribution in [3.8, 4) is 22.6 Å². The van der Waals surface area contributed by atoms with Crippen molar-refractivity contribution in [2.45, 2.75) is 39.2 Å². The maximum atomic E-state index is 11.5. The van der Waals surface area contributed by atoms with E-state index in [9.17, 15) is 4.79 Å². The molecule has 0 bridgehead atoms. The van der Waals surface area contributed by atoms with Gasteiger partial charge in [-0.05, 0) is 51.0 Å². The van der Waals surface area contributed by atoms with E-state index in [1.807, 2.05) is 31.2 Å². The van der Waals surface area contributed by atoms with Crippen LogP contribution in [-0.4, -0.2) is 30.8 Å². The summed E-state index contributed by atoms with van der Waals surface area (Å²) in [6.45, 7) is 4.11. The molecule has 4 N–H and O–H groups in total. The van der Waals surface area contributed by atoms with Crippen molar-refractivity contribution in [1.82, 2.24) is 19.1 Å². The fourth-order valence-corrected chi connectivity index (χ4v) is 3.89. The van der Waals surface area contributed by atoms with Gasteiger partial charge in [0.05, 0.1) is 11.4 Å². The second kappa shape index (κ2) is 7.12. The molecule has 4 rings (SSSR count). The van der Waals surface area contributed by atoms with Crippen LogP contribution in [0.2, 0.25) is 0 Å². The van der Waals surface area contributed by atoms with Crippen molar-refractivity contribution in [2.24, 2.45) is 5.73 Å². The molecular formula is C21H23N7O. The number of amides is 1. The molecule has 3 aromatic heterocycles. The van der Waals surface area contributed by atoms with Crippen molar-refractivity contribution in [3.63, 3.8) is 0 Å². The fourth-order valence-electron chi connectivity index (χ4n) is 3.89. The van der Waals surface area contributed by atoms with E-state index >= 15 is 0 Å². The lowest BCUT2D eigenvalue weighted by molar-refractivity contribution is -0.112. The summed E-state index contributed by atoms with van der Waals surface area (Å²) in [6.07, 6.45) is 4.62. The summed E-state index contributed by atoms with van der Waals surface area (Å²) in [5, 5.41) is 16.0. The van der Waals surface area contributed by atoms with Gasteiger partial charge in [-0.15, -0.1) is 0 Å². The highest BCUT2D eigenvalue weighted by Gasteiger charge is 2.27. The summed E-state index contributed by atoms with van der Waals surface area (Å²) >= 11 is 0. The van der Waals surface area contributed by atoms with E-state index in [2.05, 4.69) is 16.5 Å². The highest BCUT2D eigenvalue weighted by Crippen LogP contribution is 2.37. The van der Waals surface area contributed by atoms with Gasteiger partial charge >= 0.3 is 0 Å². The highest BCUT2D eigenvalue weighted by molar-refractivity contribution is 6.36.